The molecule has 0 aromatic carbocycles. The number of piperidine rings is 1. The van der Waals surface area contributed by atoms with Crippen molar-refractivity contribution >= 4 is 17.7 Å². The highest BCUT2D eigenvalue weighted by molar-refractivity contribution is 5.77. The van der Waals surface area contributed by atoms with Gasteiger partial charge in [-0.3, -0.25) is 4.79 Å². The van der Waals surface area contributed by atoms with E-state index in [4.69, 9.17) is 11.5 Å². The van der Waals surface area contributed by atoms with Gasteiger partial charge in [-0.1, -0.05) is 0 Å². The quantitative estimate of drug-likeness (QED) is 0.789. The fourth-order valence-electron chi connectivity index (χ4n) is 2.21. The maximum atomic E-state index is 13.7. The number of halogens is 1. The number of carbonyl (C=O) groups excluding carboxylic acids is 1. The zero-order chi connectivity index (χ0) is 13.3. The average molecular weight is 253 g/mol. The van der Waals surface area contributed by atoms with Crippen LogP contribution in [0.25, 0.3) is 0 Å². The number of hydrogen-bond acceptors (Lipinski definition) is 5. The molecule has 0 saturated carbocycles. The lowest BCUT2D eigenvalue weighted by atomic mass is 9.93. The highest BCUT2D eigenvalue weighted by atomic mass is 19.1. The number of hydrogen-bond donors (Lipinski definition) is 2. The van der Waals surface area contributed by atoms with Crippen molar-refractivity contribution in [2.75, 3.05) is 17.2 Å². The molecule has 1 aliphatic heterocycles. The fourth-order valence-corrected chi connectivity index (χ4v) is 2.21. The molecule has 1 aromatic rings. The van der Waals surface area contributed by atoms with Crippen molar-refractivity contribution in [2.45, 2.75) is 25.8 Å². The number of primary amides is 1. The molecular weight excluding hydrogens is 237 g/mol. The summed E-state index contributed by atoms with van der Waals surface area (Å²) in [6.07, 6.45) is 2.52. The molecule has 7 heteroatoms. The van der Waals surface area contributed by atoms with Gasteiger partial charge < -0.3 is 16.4 Å². The standard InChI is InChI=1S/C11H16FN5O/c1-6-2-3-7(9(13)18)5-17(6)10-8(12)4-15-11(14)16-10/h4,6-7H,2-3,5H2,1H3,(H2,13,18)(H2,14,15,16). The van der Waals surface area contributed by atoms with Gasteiger partial charge in [0.05, 0.1) is 12.1 Å². The van der Waals surface area contributed by atoms with Gasteiger partial charge in [0, 0.05) is 12.6 Å². The second kappa shape index (κ2) is 4.75. The number of nitrogens with two attached hydrogens (primary N) is 2. The molecule has 18 heavy (non-hydrogen) atoms. The van der Waals surface area contributed by atoms with Crippen LogP contribution in [-0.4, -0.2) is 28.5 Å². The minimum absolute atomic E-state index is 0.0137. The van der Waals surface area contributed by atoms with Gasteiger partial charge in [-0.15, -0.1) is 0 Å². The number of amides is 1. The summed E-state index contributed by atoms with van der Waals surface area (Å²) in [7, 11) is 0. The van der Waals surface area contributed by atoms with Crippen LogP contribution in [0, 0.1) is 11.7 Å². The lowest BCUT2D eigenvalue weighted by Crippen LogP contribution is -2.46. The van der Waals surface area contributed by atoms with Crippen LogP contribution in [0.15, 0.2) is 6.20 Å². The number of nitrogen functional groups attached to an aromatic ring is 1. The molecule has 4 N–H and O–H groups in total. The fraction of sp³-hybridized carbons (Fsp3) is 0.545. The first-order chi connectivity index (χ1) is 8.49. The zero-order valence-corrected chi connectivity index (χ0v) is 10.1. The topological polar surface area (TPSA) is 98.1 Å². The number of carbonyl (C=O) groups is 1. The third-order valence-electron chi connectivity index (χ3n) is 3.30. The van der Waals surface area contributed by atoms with E-state index < -0.39 is 5.82 Å². The summed E-state index contributed by atoms with van der Waals surface area (Å²) < 4.78 is 13.7. The van der Waals surface area contributed by atoms with Crippen molar-refractivity contribution in [1.29, 1.82) is 0 Å². The number of rotatable bonds is 2. The molecule has 1 fully saturated rings. The number of aromatic nitrogens is 2. The predicted molar refractivity (Wildman–Crippen MR) is 65.1 cm³/mol. The smallest absolute Gasteiger partial charge is 0.222 e. The van der Waals surface area contributed by atoms with E-state index in [9.17, 15) is 9.18 Å². The van der Waals surface area contributed by atoms with Crippen LogP contribution in [0.4, 0.5) is 16.2 Å². The number of nitrogens with zero attached hydrogens (tertiary/aromatic N) is 3. The Balaban J connectivity index is 2.29. The molecule has 2 rings (SSSR count). The molecule has 0 aliphatic carbocycles. The molecule has 0 radical (unpaired) electrons. The lowest BCUT2D eigenvalue weighted by molar-refractivity contribution is -0.122. The molecule has 2 heterocycles. The highest BCUT2D eigenvalue weighted by Gasteiger charge is 2.31. The van der Waals surface area contributed by atoms with E-state index in [1.165, 1.54) is 0 Å². The Hall–Kier alpha value is -1.92. The van der Waals surface area contributed by atoms with E-state index in [0.29, 0.717) is 6.54 Å². The zero-order valence-electron chi connectivity index (χ0n) is 10.1. The first-order valence-corrected chi connectivity index (χ1v) is 5.83. The third-order valence-corrected chi connectivity index (χ3v) is 3.30. The van der Waals surface area contributed by atoms with Gasteiger partial charge in [-0.25, -0.2) is 9.37 Å². The summed E-state index contributed by atoms with van der Waals surface area (Å²) >= 11 is 0. The Labute approximate surface area is 104 Å². The summed E-state index contributed by atoms with van der Waals surface area (Å²) in [5.74, 6) is -1.03. The van der Waals surface area contributed by atoms with Crippen molar-refractivity contribution in [3.05, 3.63) is 12.0 Å². The average Bonchev–Trinajstić information content (AvgIpc) is 2.33. The van der Waals surface area contributed by atoms with Crippen LogP contribution in [0.2, 0.25) is 0 Å². The van der Waals surface area contributed by atoms with Crippen LogP contribution in [0.5, 0.6) is 0 Å². The SMILES string of the molecule is CC1CCC(C(N)=O)CN1c1nc(N)ncc1F. The summed E-state index contributed by atoms with van der Waals surface area (Å²) in [6, 6.07) is 0.0874. The molecule has 1 aliphatic rings. The van der Waals surface area contributed by atoms with Crippen LogP contribution >= 0.6 is 0 Å². The first kappa shape index (κ1) is 12.5. The van der Waals surface area contributed by atoms with Gasteiger partial charge in [0.1, 0.15) is 0 Å². The molecule has 2 unspecified atom stereocenters. The van der Waals surface area contributed by atoms with E-state index in [1.807, 2.05) is 6.92 Å². The molecule has 0 spiro atoms. The van der Waals surface area contributed by atoms with Crippen LogP contribution < -0.4 is 16.4 Å². The second-order valence-electron chi connectivity index (χ2n) is 4.58. The molecule has 1 aromatic heterocycles. The summed E-state index contributed by atoms with van der Waals surface area (Å²) in [5, 5.41) is 0. The van der Waals surface area contributed by atoms with Crippen LogP contribution in [0.3, 0.4) is 0 Å². The Bertz CT molecular complexity index is 467. The van der Waals surface area contributed by atoms with Crippen molar-refractivity contribution < 1.29 is 9.18 Å². The second-order valence-corrected chi connectivity index (χ2v) is 4.58. The maximum absolute atomic E-state index is 13.7. The predicted octanol–water partition coefficient (Wildman–Crippen LogP) is 0.288. The normalized spacial score (nSPS) is 24.0. The Kier molecular flexibility index (Phi) is 3.31. The summed E-state index contributed by atoms with van der Waals surface area (Å²) in [5.41, 5.74) is 10.8. The van der Waals surface area contributed by atoms with Gasteiger partial charge in [-0.05, 0) is 19.8 Å². The van der Waals surface area contributed by atoms with Crippen molar-refractivity contribution in [3.8, 4) is 0 Å². The van der Waals surface area contributed by atoms with Gasteiger partial charge in [-0.2, -0.15) is 4.98 Å². The third kappa shape index (κ3) is 2.34. The van der Waals surface area contributed by atoms with Crippen molar-refractivity contribution in [3.63, 3.8) is 0 Å². The van der Waals surface area contributed by atoms with E-state index in [-0.39, 0.29) is 29.6 Å². The van der Waals surface area contributed by atoms with E-state index in [2.05, 4.69) is 9.97 Å². The highest BCUT2D eigenvalue weighted by Crippen LogP contribution is 2.28. The van der Waals surface area contributed by atoms with Gasteiger partial charge in [0.15, 0.2) is 11.6 Å². The monoisotopic (exact) mass is 253 g/mol. The molecule has 2 atom stereocenters. The number of anilines is 2. The molecule has 1 amide bonds. The first-order valence-electron chi connectivity index (χ1n) is 5.83. The van der Waals surface area contributed by atoms with Crippen LogP contribution in [0.1, 0.15) is 19.8 Å². The molecule has 0 bridgehead atoms. The Morgan fingerprint density at radius 3 is 2.94 bits per heavy atom. The summed E-state index contributed by atoms with van der Waals surface area (Å²) in [4.78, 5) is 20.5. The minimum atomic E-state index is -0.541. The molecular formula is C11H16FN5O. The van der Waals surface area contributed by atoms with E-state index in [1.54, 1.807) is 4.90 Å². The Morgan fingerprint density at radius 1 is 1.56 bits per heavy atom. The van der Waals surface area contributed by atoms with Gasteiger partial charge >= 0.3 is 0 Å². The van der Waals surface area contributed by atoms with Crippen molar-refractivity contribution in [2.24, 2.45) is 11.7 Å². The van der Waals surface area contributed by atoms with Gasteiger partial charge in [0.25, 0.3) is 0 Å². The molecule has 6 nitrogen and oxygen atoms in total. The lowest BCUT2D eigenvalue weighted by Gasteiger charge is -2.37. The molecule has 98 valence electrons. The van der Waals surface area contributed by atoms with Gasteiger partial charge in [0.2, 0.25) is 11.9 Å². The maximum Gasteiger partial charge on any atom is 0.222 e. The minimum Gasteiger partial charge on any atom is -0.369 e. The molecule has 1 saturated heterocycles. The van der Waals surface area contributed by atoms with Crippen molar-refractivity contribution in [1.82, 2.24) is 9.97 Å². The Morgan fingerprint density at radius 2 is 2.28 bits per heavy atom. The largest absolute Gasteiger partial charge is 0.369 e. The van der Waals surface area contributed by atoms with Crippen LogP contribution in [-0.2, 0) is 4.79 Å². The van der Waals surface area contributed by atoms with E-state index >= 15 is 0 Å². The van der Waals surface area contributed by atoms with E-state index in [0.717, 1.165) is 19.0 Å². The summed E-state index contributed by atoms with van der Waals surface area (Å²) in [6.45, 7) is 2.32.